The summed E-state index contributed by atoms with van der Waals surface area (Å²) in [6.07, 6.45) is 0. The Balaban J connectivity index is 2.77. The Morgan fingerprint density at radius 1 is 1.31 bits per heavy atom. The average molecular weight is 194 g/mol. The first-order chi connectivity index (χ1) is 6.31. The fourth-order valence-corrected chi connectivity index (χ4v) is 1.47. The van der Waals surface area contributed by atoms with Crippen molar-refractivity contribution in [3.05, 3.63) is 35.4 Å². The lowest BCUT2D eigenvalue weighted by molar-refractivity contribution is 0.399. The van der Waals surface area contributed by atoms with Gasteiger partial charge in [0.25, 0.3) is 0 Å². The summed E-state index contributed by atoms with van der Waals surface area (Å²) in [6.45, 7) is 0. The zero-order valence-electron chi connectivity index (χ0n) is 7.12. The van der Waals surface area contributed by atoms with Crippen molar-refractivity contribution in [2.45, 2.75) is 0 Å². The van der Waals surface area contributed by atoms with Crippen molar-refractivity contribution in [3.63, 3.8) is 0 Å². The van der Waals surface area contributed by atoms with Gasteiger partial charge in [-0.25, -0.2) is 4.98 Å². The number of hydrogen-bond donors (Lipinski definition) is 0. The first-order valence-corrected chi connectivity index (χ1v) is 4.28. The van der Waals surface area contributed by atoms with Gasteiger partial charge in [-0.15, -0.1) is 0 Å². The van der Waals surface area contributed by atoms with Gasteiger partial charge in [-0.2, -0.15) is 0 Å². The molecule has 1 heterocycles. The van der Waals surface area contributed by atoms with E-state index >= 15 is 0 Å². The van der Waals surface area contributed by atoms with E-state index in [0.29, 0.717) is 10.9 Å². The summed E-state index contributed by atoms with van der Waals surface area (Å²) >= 11 is 6.02. The summed E-state index contributed by atoms with van der Waals surface area (Å²) in [6, 6.07) is 9.41. The number of hydrogen-bond acceptors (Lipinski definition) is 2. The van der Waals surface area contributed by atoms with E-state index in [-0.39, 0.29) is 0 Å². The molecule has 0 N–H and O–H groups in total. The van der Waals surface area contributed by atoms with Crippen LogP contribution in [0.15, 0.2) is 30.3 Å². The van der Waals surface area contributed by atoms with Gasteiger partial charge in [-0.1, -0.05) is 29.8 Å². The SMILES string of the molecule is COc1cc(Cl)c2ccccc2n1. The number of para-hydroxylation sites is 1. The number of fused-ring (bicyclic) bond motifs is 1. The number of nitrogens with zero attached hydrogens (tertiary/aromatic N) is 1. The summed E-state index contributed by atoms with van der Waals surface area (Å²) in [5.41, 5.74) is 0.854. The zero-order chi connectivity index (χ0) is 9.26. The Morgan fingerprint density at radius 3 is 2.85 bits per heavy atom. The van der Waals surface area contributed by atoms with Crippen molar-refractivity contribution in [3.8, 4) is 5.88 Å². The van der Waals surface area contributed by atoms with E-state index in [4.69, 9.17) is 16.3 Å². The van der Waals surface area contributed by atoms with Crippen LogP contribution in [0.25, 0.3) is 10.9 Å². The molecule has 3 heteroatoms. The third-order valence-electron chi connectivity index (χ3n) is 1.85. The molecule has 0 saturated carbocycles. The zero-order valence-corrected chi connectivity index (χ0v) is 7.88. The first-order valence-electron chi connectivity index (χ1n) is 3.90. The van der Waals surface area contributed by atoms with Crippen LogP contribution in [0.1, 0.15) is 0 Å². The van der Waals surface area contributed by atoms with Crippen molar-refractivity contribution in [1.82, 2.24) is 4.98 Å². The molecule has 0 aliphatic carbocycles. The highest BCUT2D eigenvalue weighted by Gasteiger charge is 2.02. The number of ether oxygens (including phenoxy) is 1. The molecule has 1 aromatic heterocycles. The van der Waals surface area contributed by atoms with Crippen LogP contribution in [0.5, 0.6) is 5.88 Å². The molecule has 0 fully saturated rings. The van der Waals surface area contributed by atoms with Crippen molar-refractivity contribution < 1.29 is 4.74 Å². The van der Waals surface area contributed by atoms with Gasteiger partial charge in [0.1, 0.15) is 0 Å². The van der Waals surface area contributed by atoms with Crippen LogP contribution in [0.3, 0.4) is 0 Å². The molecule has 0 amide bonds. The van der Waals surface area contributed by atoms with E-state index in [9.17, 15) is 0 Å². The van der Waals surface area contributed by atoms with Crippen LogP contribution < -0.4 is 4.74 Å². The summed E-state index contributed by atoms with van der Waals surface area (Å²) in [5.74, 6) is 0.545. The number of benzene rings is 1. The summed E-state index contributed by atoms with van der Waals surface area (Å²) in [4.78, 5) is 4.25. The molecule has 13 heavy (non-hydrogen) atoms. The lowest BCUT2D eigenvalue weighted by Gasteiger charge is -2.02. The summed E-state index contributed by atoms with van der Waals surface area (Å²) in [7, 11) is 1.58. The Morgan fingerprint density at radius 2 is 2.08 bits per heavy atom. The van der Waals surface area contributed by atoms with Crippen LogP contribution in [0.4, 0.5) is 0 Å². The highest BCUT2D eigenvalue weighted by Crippen LogP contribution is 2.25. The van der Waals surface area contributed by atoms with E-state index in [0.717, 1.165) is 10.9 Å². The van der Waals surface area contributed by atoms with Gasteiger partial charge in [-0.3, -0.25) is 0 Å². The van der Waals surface area contributed by atoms with Crippen LogP contribution in [0.2, 0.25) is 5.02 Å². The maximum Gasteiger partial charge on any atom is 0.215 e. The van der Waals surface area contributed by atoms with Gasteiger partial charge in [0, 0.05) is 11.5 Å². The Kier molecular flexibility index (Phi) is 2.07. The van der Waals surface area contributed by atoms with E-state index in [1.54, 1.807) is 13.2 Å². The minimum Gasteiger partial charge on any atom is -0.481 e. The fraction of sp³-hybridized carbons (Fsp3) is 0.100. The average Bonchev–Trinajstić information content (AvgIpc) is 2.18. The molecule has 0 bridgehead atoms. The number of methoxy groups -OCH3 is 1. The van der Waals surface area contributed by atoms with Crippen molar-refractivity contribution in [2.24, 2.45) is 0 Å². The predicted molar refractivity (Wildman–Crippen MR) is 53.3 cm³/mol. The maximum atomic E-state index is 6.02. The van der Waals surface area contributed by atoms with Crippen molar-refractivity contribution in [1.29, 1.82) is 0 Å². The minimum atomic E-state index is 0.545. The minimum absolute atomic E-state index is 0.545. The third kappa shape index (κ3) is 1.45. The van der Waals surface area contributed by atoms with Gasteiger partial charge in [-0.05, 0) is 6.07 Å². The predicted octanol–water partition coefficient (Wildman–Crippen LogP) is 2.90. The molecule has 0 saturated heterocycles. The van der Waals surface area contributed by atoms with Crippen molar-refractivity contribution in [2.75, 3.05) is 7.11 Å². The van der Waals surface area contributed by atoms with Gasteiger partial charge in [0.15, 0.2) is 0 Å². The Hall–Kier alpha value is -1.28. The number of rotatable bonds is 1. The second-order valence-corrected chi connectivity index (χ2v) is 3.07. The van der Waals surface area contributed by atoms with E-state index in [1.165, 1.54) is 0 Å². The summed E-state index contributed by atoms with van der Waals surface area (Å²) in [5, 5.41) is 1.62. The smallest absolute Gasteiger partial charge is 0.215 e. The molecular formula is C10H8ClNO. The van der Waals surface area contributed by atoms with E-state index in [2.05, 4.69) is 4.98 Å². The molecule has 0 unspecified atom stereocenters. The molecule has 0 aliphatic rings. The van der Waals surface area contributed by atoms with Crippen LogP contribution in [-0.2, 0) is 0 Å². The molecular weight excluding hydrogens is 186 g/mol. The standard InChI is InChI=1S/C10H8ClNO/c1-13-10-6-8(11)7-4-2-3-5-9(7)12-10/h2-6H,1H3. The largest absolute Gasteiger partial charge is 0.481 e. The highest BCUT2D eigenvalue weighted by atomic mass is 35.5. The third-order valence-corrected chi connectivity index (χ3v) is 2.16. The number of aromatic nitrogens is 1. The molecule has 2 aromatic rings. The Labute approximate surface area is 81.1 Å². The molecule has 0 atom stereocenters. The van der Waals surface area contributed by atoms with Crippen LogP contribution >= 0.6 is 11.6 Å². The van der Waals surface area contributed by atoms with Gasteiger partial charge < -0.3 is 4.74 Å². The van der Waals surface area contributed by atoms with Gasteiger partial charge in [0.05, 0.1) is 17.6 Å². The fourth-order valence-electron chi connectivity index (χ4n) is 1.21. The molecule has 2 rings (SSSR count). The second-order valence-electron chi connectivity index (χ2n) is 2.66. The second kappa shape index (κ2) is 3.23. The quantitative estimate of drug-likeness (QED) is 0.695. The van der Waals surface area contributed by atoms with Crippen LogP contribution in [-0.4, -0.2) is 12.1 Å². The monoisotopic (exact) mass is 193 g/mol. The first kappa shape index (κ1) is 8.32. The maximum absolute atomic E-state index is 6.02. The van der Waals surface area contributed by atoms with Gasteiger partial charge in [0.2, 0.25) is 5.88 Å². The normalized spacial score (nSPS) is 10.3. The molecule has 0 aliphatic heterocycles. The van der Waals surface area contributed by atoms with E-state index < -0.39 is 0 Å². The lowest BCUT2D eigenvalue weighted by atomic mass is 10.2. The topological polar surface area (TPSA) is 22.1 Å². The molecule has 2 nitrogen and oxygen atoms in total. The molecule has 0 spiro atoms. The molecule has 0 radical (unpaired) electrons. The van der Waals surface area contributed by atoms with E-state index in [1.807, 2.05) is 24.3 Å². The molecule has 1 aromatic carbocycles. The summed E-state index contributed by atoms with van der Waals surface area (Å²) < 4.78 is 5.01. The Bertz CT molecular complexity index is 442. The van der Waals surface area contributed by atoms with Crippen LogP contribution in [0, 0.1) is 0 Å². The van der Waals surface area contributed by atoms with Crippen molar-refractivity contribution >= 4 is 22.5 Å². The number of pyridine rings is 1. The lowest BCUT2D eigenvalue weighted by Crippen LogP contribution is -1.88. The molecule has 66 valence electrons. The number of halogens is 1. The van der Waals surface area contributed by atoms with Gasteiger partial charge >= 0.3 is 0 Å². The highest BCUT2D eigenvalue weighted by molar-refractivity contribution is 6.35.